The van der Waals surface area contributed by atoms with Crippen LogP contribution in [0, 0.1) is 12.3 Å². The summed E-state index contributed by atoms with van der Waals surface area (Å²) < 4.78 is 0. The van der Waals surface area contributed by atoms with Crippen molar-refractivity contribution in [2.75, 3.05) is 5.32 Å². The minimum Gasteiger partial charge on any atom is -0.389 e. The molecule has 78 valence electrons. The van der Waals surface area contributed by atoms with Crippen molar-refractivity contribution in [3.05, 3.63) is 29.8 Å². The van der Waals surface area contributed by atoms with Crippen LogP contribution in [-0.2, 0) is 4.79 Å². The number of amides is 1. The normalized spacial score (nSPS) is 11.5. The highest BCUT2D eigenvalue weighted by atomic mass is 16.3. The van der Waals surface area contributed by atoms with E-state index >= 15 is 0 Å². The Kier molecular flexibility index (Phi) is 3.90. The molecule has 0 saturated heterocycles. The number of carbonyl (C=O) groups is 1. The van der Waals surface area contributed by atoms with Crippen molar-refractivity contribution >= 4 is 11.6 Å². The lowest BCUT2D eigenvalue weighted by molar-refractivity contribution is -0.115. The Balaban J connectivity index is 2.85. The number of anilines is 1. The number of terminal acetylenes is 1. The Morgan fingerprint density at radius 1 is 1.60 bits per heavy atom. The van der Waals surface area contributed by atoms with Gasteiger partial charge in [0.05, 0.1) is 12.5 Å². The van der Waals surface area contributed by atoms with Crippen molar-refractivity contribution in [3.63, 3.8) is 0 Å². The topological polar surface area (TPSA) is 49.3 Å². The Morgan fingerprint density at radius 2 is 2.27 bits per heavy atom. The van der Waals surface area contributed by atoms with Gasteiger partial charge in [-0.15, -0.1) is 6.42 Å². The van der Waals surface area contributed by atoms with Crippen LogP contribution in [0.5, 0.6) is 0 Å². The van der Waals surface area contributed by atoms with E-state index in [1.807, 2.05) is 0 Å². The molecule has 0 spiro atoms. The summed E-state index contributed by atoms with van der Waals surface area (Å²) in [6.07, 6.45) is 4.44. The van der Waals surface area contributed by atoms with Gasteiger partial charge in [0.25, 0.3) is 0 Å². The average molecular weight is 203 g/mol. The molecule has 3 heteroatoms. The highest BCUT2D eigenvalue weighted by molar-refractivity contribution is 5.93. The van der Waals surface area contributed by atoms with Crippen molar-refractivity contribution in [1.29, 1.82) is 0 Å². The smallest absolute Gasteiger partial charge is 0.236 e. The summed E-state index contributed by atoms with van der Waals surface area (Å²) in [7, 11) is 0. The second kappa shape index (κ2) is 5.18. The first-order valence-corrected chi connectivity index (χ1v) is 4.65. The van der Waals surface area contributed by atoms with Crippen molar-refractivity contribution < 1.29 is 9.90 Å². The standard InChI is InChI=1S/C12H13NO2/c1-3-6-12(15)13-11-8-5-4-7-10(11)9(2)14/h1,4-5,7-9,14H,6H2,2H3,(H,13,15). The van der Waals surface area contributed by atoms with E-state index in [-0.39, 0.29) is 12.3 Å². The van der Waals surface area contributed by atoms with E-state index in [9.17, 15) is 9.90 Å². The van der Waals surface area contributed by atoms with Gasteiger partial charge in [0.2, 0.25) is 5.91 Å². The van der Waals surface area contributed by atoms with E-state index in [0.717, 1.165) is 0 Å². The second-order valence-corrected chi connectivity index (χ2v) is 3.19. The molecule has 0 aliphatic heterocycles. The van der Waals surface area contributed by atoms with Crippen molar-refractivity contribution in [3.8, 4) is 12.3 Å². The van der Waals surface area contributed by atoms with E-state index in [2.05, 4.69) is 11.2 Å². The molecule has 0 fully saturated rings. The minimum atomic E-state index is -0.618. The molecule has 2 N–H and O–H groups in total. The molecule has 1 aromatic rings. The predicted octanol–water partition coefficient (Wildman–Crippen LogP) is 1.70. The average Bonchev–Trinajstić information content (AvgIpc) is 2.18. The number of aliphatic hydroxyl groups is 1. The van der Waals surface area contributed by atoms with Gasteiger partial charge in [-0.1, -0.05) is 24.1 Å². The van der Waals surface area contributed by atoms with E-state index in [0.29, 0.717) is 11.3 Å². The zero-order chi connectivity index (χ0) is 11.3. The highest BCUT2D eigenvalue weighted by Crippen LogP contribution is 2.22. The molecule has 0 aromatic heterocycles. The maximum atomic E-state index is 11.3. The third-order valence-electron chi connectivity index (χ3n) is 1.95. The Labute approximate surface area is 89.1 Å². The van der Waals surface area contributed by atoms with Crippen LogP contribution < -0.4 is 5.32 Å². The number of rotatable bonds is 3. The molecule has 1 rings (SSSR count). The minimum absolute atomic E-state index is 0.0359. The number of para-hydroxylation sites is 1. The molecule has 0 aliphatic rings. The molecule has 0 bridgehead atoms. The van der Waals surface area contributed by atoms with Gasteiger partial charge in [-0.05, 0) is 13.0 Å². The molecule has 15 heavy (non-hydrogen) atoms. The van der Waals surface area contributed by atoms with Crippen LogP contribution in [0.15, 0.2) is 24.3 Å². The number of carbonyl (C=O) groups excluding carboxylic acids is 1. The van der Waals surface area contributed by atoms with Crippen molar-refractivity contribution in [1.82, 2.24) is 0 Å². The number of aliphatic hydroxyl groups excluding tert-OH is 1. The van der Waals surface area contributed by atoms with Gasteiger partial charge < -0.3 is 10.4 Å². The van der Waals surface area contributed by atoms with Gasteiger partial charge in [0, 0.05) is 11.3 Å². The lowest BCUT2D eigenvalue weighted by Crippen LogP contribution is -2.12. The fourth-order valence-electron chi connectivity index (χ4n) is 1.26. The van der Waals surface area contributed by atoms with Gasteiger partial charge in [-0.2, -0.15) is 0 Å². The highest BCUT2D eigenvalue weighted by Gasteiger charge is 2.08. The van der Waals surface area contributed by atoms with Crippen LogP contribution in [0.3, 0.4) is 0 Å². The second-order valence-electron chi connectivity index (χ2n) is 3.19. The largest absolute Gasteiger partial charge is 0.389 e. The first kappa shape index (κ1) is 11.3. The van der Waals surface area contributed by atoms with Crippen LogP contribution >= 0.6 is 0 Å². The molecule has 0 saturated carbocycles. The van der Waals surface area contributed by atoms with E-state index < -0.39 is 6.10 Å². The summed E-state index contributed by atoms with van der Waals surface area (Å²) in [4.78, 5) is 11.3. The van der Waals surface area contributed by atoms with Crippen molar-refractivity contribution in [2.45, 2.75) is 19.4 Å². The summed E-state index contributed by atoms with van der Waals surface area (Å²) in [5, 5.41) is 12.1. The quantitative estimate of drug-likeness (QED) is 0.734. The maximum Gasteiger partial charge on any atom is 0.236 e. The molecule has 0 radical (unpaired) electrons. The molecule has 0 heterocycles. The van der Waals surface area contributed by atoms with Gasteiger partial charge in [-0.25, -0.2) is 0 Å². The Bertz CT molecular complexity index is 391. The summed E-state index contributed by atoms with van der Waals surface area (Å²) in [6.45, 7) is 1.65. The summed E-state index contributed by atoms with van der Waals surface area (Å²) in [6, 6.07) is 7.09. The fraction of sp³-hybridized carbons (Fsp3) is 0.250. The number of hydrogen-bond donors (Lipinski definition) is 2. The lowest BCUT2D eigenvalue weighted by Gasteiger charge is -2.11. The molecule has 1 unspecified atom stereocenters. The molecule has 0 aliphatic carbocycles. The van der Waals surface area contributed by atoms with E-state index in [1.54, 1.807) is 31.2 Å². The van der Waals surface area contributed by atoms with Gasteiger partial charge in [0.15, 0.2) is 0 Å². The summed E-state index contributed by atoms with van der Waals surface area (Å²) >= 11 is 0. The third kappa shape index (κ3) is 3.12. The first-order valence-electron chi connectivity index (χ1n) is 4.65. The summed E-state index contributed by atoms with van der Waals surface area (Å²) in [5.74, 6) is 2.02. The summed E-state index contributed by atoms with van der Waals surface area (Å²) in [5.41, 5.74) is 1.29. The van der Waals surface area contributed by atoms with E-state index in [4.69, 9.17) is 6.42 Å². The van der Waals surface area contributed by atoms with Crippen LogP contribution in [0.4, 0.5) is 5.69 Å². The number of nitrogens with one attached hydrogen (secondary N) is 1. The van der Waals surface area contributed by atoms with Crippen LogP contribution in [0.1, 0.15) is 25.0 Å². The van der Waals surface area contributed by atoms with Gasteiger partial charge in [-0.3, -0.25) is 4.79 Å². The number of hydrogen-bond acceptors (Lipinski definition) is 2. The Hall–Kier alpha value is -1.79. The van der Waals surface area contributed by atoms with Crippen LogP contribution in [0.25, 0.3) is 0 Å². The van der Waals surface area contributed by atoms with Gasteiger partial charge in [0.1, 0.15) is 0 Å². The predicted molar refractivity (Wildman–Crippen MR) is 59.2 cm³/mol. The Morgan fingerprint density at radius 3 is 2.87 bits per heavy atom. The molecule has 1 amide bonds. The molecular weight excluding hydrogens is 190 g/mol. The molecule has 3 nitrogen and oxygen atoms in total. The first-order chi connectivity index (χ1) is 7.15. The molecule has 1 atom stereocenters. The fourth-order valence-corrected chi connectivity index (χ4v) is 1.26. The maximum absolute atomic E-state index is 11.3. The SMILES string of the molecule is C#CCC(=O)Nc1ccccc1C(C)O. The lowest BCUT2D eigenvalue weighted by atomic mass is 10.1. The monoisotopic (exact) mass is 203 g/mol. The van der Waals surface area contributed by atoms with Crippen LogP contribution in [-0.4, -0.2) is 11.0 Å². The molecule has 1 aromatic carbocycles. The third-order valence-corrected chi connectivity index (χ3v) is 1.95. The zero-order valence-corrected chi connectivity index (χ0v) is 8.53. The number of benzene rings is 1. The van der Waals surface area contributed by atoms with Gasteiger partial charge >= 0.3 is 0 Å². The van der Waals surface area contributed by atoms with Crippen molar-refractivity contribution in [2.24, 2.45) is 0 Å². The van der Waals surface area contributed by atoms with Crippen LogP contribution in [0.2, 0.25) is 0 Å². The van der Waals surface area contributed by atoms with E-state index in [1.165, 1.54) is 0 Å². The zero-order valence-electron chi connectivity index (χ0n) is 8.53. The molecular formula is C12H13NO2.